The minimum atomic E-state index is -0.902. The first-order chi connectivity index (χ1) is 22.4. The van der Waals surface area contributed by atoms with Gasteiger partial charge in [-0.3, -0.25) is 14.4 Å². The molecule has 2 aliphatic carbocycles. The van der Waals surface area contributed by atoms with E-state index in [1.54, 1.807) is 12.3 Å². The molecule has 3 N–H and O–H groups in total. The van der Waals surface area contributed by atoms with Crippen molar-refractivity contribution < 1.29 is 29.0 Å². The Morgan fingerprint density at radius 3 is 2.28 bits per heavy atom. The van der Waals surface area contributed by atoms with Crippen LogP contribution >= 0.6 is 0 Å². The molecule has 3 fully saturated rings. The van der Waals surface area contributed by atoms with Gasteiger partial charge in [-0.25, -0.2) is 0 Å². The topological polar surface area (TPSA) is 118 Å². The molecule has 47 heavy (non-hydrogen) atoms. The van der Waals surface area contributed by atoms with Crippen molar-refractivity contribution in [2.24, 2.45) is 16.7 Å². The maximum atomic E-state index is 14.3. The van der Waals surface area contributed by atoms with E-state index in [9.17, 15) is 19.5 Å². The van der Waals surface area contributed by atoms with E-state index in [2.05, 4.69) is 17.2 Å². The summed E-state index contributed by atoms with van der Waals surface area (Å²) < 4.78 is 12.1. The zero-order valence-electron chi connectivity index (χ0n) is 30.1. The van der Waals surface area contributed by atoms with Gasteiger partial charge in [0.15, 0.2) is 11.6 Å². The molecule has 0 bridgehead atoms. The Morgan fingerprint density at radius 1 is 0.936 bits per heavy atom. The van der Waals surface area contributed by atoms with Gasteiger partial charge in [0.05, 0.1) is 13.0 Å². The van der Waals surface area contributed by atoms with Crippen LogP contribution in [0.3, 0.4) is 0 Å². The Balaban J connectivity index is 1.51. The summed E-state index contributed by atoms with van der Waals surface area (Å²) in [7, 11) is 0. The Labute approximate surface area is 283 Å². The lowest BCUT2D eigenvalue weighted by molar-refractivity contribution is -0.298. The van der Waals surface area contributed by atoms with Crippen LogP contribution in [-0.2, 0) is 19.1 Å². The molecule has 1 aliphatic heterocycles. The fraction of sp³-hybridized carbons (Fsp3) is 0.821. The lowest BCUT2D eigenvalue weighted by atomic mass is 9.68. The monoisotopic (exact) mass is 656 g/mol. The molecule has 8 heteroatoms. The van der Waals surface area contributed by atoms with Gasteiger partial charge in [-0.15, -0.1) is 0 Å². The van der Waals surface area contributed by atoms with Gasteiger partial charge < -0.3 is 24.9 Å². The van der Waals surface area contributed by atoms with Crippen molar-refractivity contribution >= 4 is 17.7 Å². The second-order valence-corrected chi connectivity index (χ2v) is 16.1. The number of H-pyrrole nitrogens is 1. The van der Waals surface area contributed by atoms with Crippen molar-refractivity contribution in [1.82, 2.24) is 10.3 Å². The maximum absolute atomic E-state index is 14.3. The zero-order valence-corrected chi connectivity index (χ0v) is 30.1. The van der Waals surface area contributed by atoms with Gasteiger partial charge in [0.1, 0.15) is 6.10 Å². The van der Waals surface area contributed by atoms with E-state index in [1.807, 2.05) is 27.7 Å². The molecule has 2 heterocycles. The van der Waals surface area contributed by atoms with E-state index < -0.39 is 29.2 Å². The number of carbonyl (C=O) groups excluding carboxylic acids is 2. The third kappa shape index (κ3) is 9.93. The van der Waals surface area contributed by atoms with Crippen molar-refractivity contribution in [3.05, 3.63) is 23.5 Å². The molecule has 1 amide bonds. The van der Waals surface area contributed by atoms with Crippen molar-refractivity contribution in [2.75, 3.05) is 6.61 Å². The first kappa shape index (κ1) is 37.6. The highest BCUT2D eigenvalue weighted by Gasteiger charge is 2.48. The average molecular weight is 657 g/mol. The number of ether oxygens (including phenoxy) is 2. The van der Waals surface area contributed by atoms with Crippen LogP contribution in [0.1, 0.15) is 179 Å². The Hall–Kier alpha value is -2.19. The van der Waals surface area contributed by atoms with Crippen LogP contribution in [0.5, 0.6) is 0 Å². The molecular formula is C39H64N2O6. The summed E-state index contributed by atoms with van der Waals surface area (Å²) in [6, 6.07) is 1.64. The lowest BCUT2D eigenvalue weighted by Crippen LogP contribution is -2.54. The second-order valence-electron chi connectivity index (χ2n) is 16.1. The molecule has 4 unspecified atom stereocenters. The molecule has 0 spiro atoms. The average Bonchev–Trinajstić information content (AvgIpc) is 3.53. The standard InChI is InChI=1S/C39H64N2O6/c1-6-7-8-9-10-11-12-16-22-39(23-17-13-18-24-39)36(45)41-31-20-15-14-19-28(31)30(26-32(42)43)33-29(21-25-40-33)34(44)35-37(2,3)27-46-38(4,5)47-35/h21,25,28,30-31,35,40H,6-20,22-24,26-27H2,1-5H3,(H,41,45)(H,42,43). The fourth-order valence-electron chi connectivity index (χ4n) is 8.58. The lowest BCUT2D eigenvalue weighted by Gasteiger charge is -2.45. The van der Waals surface area contributed by atoms with E-state index in [4.69, 9.17) is 9.47 Å². The van der Waals surface area contributed by atoms with Gasteiger partial charge >= 0.3 is 5.97 Å². The number of ketones is 1. The smallest absolute Gasteiger partial charge is 0.304 e. The van der Waals surface area contributed by atoms with Gasteiger partial charge in [0, 0.05) is 40.2 Å². The minimum absolute atomic E-state index is 0.0854. The highest BCUT2D eigenvalue weighted by molar-refractivity contribution is 6.01. The number of carboxylic acids is 1. The number of rotatable bonds is 17. The summed E-state index contributed by atoms with van der Waals surface area (Å²) in [5, 5.41) is 13.7. The molecule has 0 radical (unpaired) electrons. The van der Waals surface area contributed by atoms with Crippen LogP contribution < -0.4 is 5.32 Å². The largest absolute Gasteiger partial charge is 0.481 e. The maximum Gasteiger partial charge on any atom is 0.304 e. The minimum Gasteiger partial charge on any atom is -0.481 e. The fourth-order valence-corrected chi connectivity index (χ4v) is 8.58. The first-order valence-electron chi connectivity index (χ1n) is 19.0. The van der Waals surface area contributed by atoms with Crippen LogP contribution in [0.15, 0.2) is 12.3 Å². The number of hydrogen-bond acceptors (Lipinski definition) is 5. The second kappa shape index (κ2) is 17.0. The summed E-state index contributed by atoms with van der Waals surface area (Å²) in [4.78, 5) is 44.1. The third-order valence-electron chi connectivity index (χ3n) is 11.4. The van der Waals surface area contributed by atoms with Crippen molar-refractivity contribution in [1.29, 1.82) is 0 Å². The molecule has 8 nitrogen and oxygen atoms in total. The highest BCUT2D eigenvalue weighted by atomic mass is 16.7. The number of unbranched alkanes of at least 4 members (excludes halogenated alkanes) is 7. The van der Waals surface area contributed by atoms with Gasteiger partial charge in [0.25, 0.3) is 0 Å². The summed E-state index contributed by atoms with van der Waals surface area (Å²) in [6.07, 6.45) is 20.8. The van der Waals surface area contributed by atoms with Gasteiger partial charge in [0.2, 0.25) is 5.91 Å². The summed E-state index contributed by atoms with van der Waals surface area (Å²) in [5.41, 5.74) is 0.269. The van der Waals surface area contributed by atoms with Crippen molar-refractivity contribution in [3.8, 4) is 0 Å². The molecular weight excluding hydrogens is 592 g/mol. The van der Waals surface area contributed by atoms with Crippen LogP contribution in [0.25, 0.3) is 0 Å². The molecule has 266 valence electrons. The van der Waals surface area contributed by atoms with E-state index in [0.29, 0.717) is 17.9 Å². The van der Waals surface area contributed by atoms with Crippen LogP contribution in [-0.4, -0.2) is 52.3 Å². The van der Waals surface area contributed by atoms with Crippen LogP contribution in [0.2, 0.25) is 0 Å². The van der Waals surface area contributed by atoms with Gasteiger partial charge in [-0.05, 0) is 57.9 Å². The van der Waals surface area contributed by atoms with Gasteiger partial charge in [-0.1, -0.05) is 104 Å². The molecule has 3 aliphatic rings. The SMILES string of the molecule is CCCCCCCCCCC1(C(=O)NC2CCCCC2C(CC(=O)O)c2[nH]ccc2C(=O)C2OC(C)(C)OCC2(C)C)CCCCC1. The number of aromatic nitrogens is 1. The zero-order chi connectivity index (χ0) is 34.1. The Bertz CT molecular complexity index is 1170. The van der Waals surface area contributed by atoms with E-state index in [0.717, 1.165) is 64.2 Å². The number of hydrogen-bond donors (Lipinski definition) is 3. The number of carbonyl (C=O) groups is 3. The molecule has 0 aromatic carbocycles. The Kier molecular flexibility index (Phi) is 13.6. The normalized spacial score (nSPS) is 25.9. The van der Waals surface area contributed by atoms with E-state index >= 15 is 0 Å². The summed E-state index contributed by atoms with van der Waals surface area (Å²) >= 11 is 0. The third-order valence-corrected chi connectivity index (χ3v) is 11.4. The van der Waals surface area contributed by atoms with Crippen molar-refractivity contribution in [2.45, 2.75) is 180 Å². The quantitative estimate of drug-likeness (QED) is 0.114. The molecule has 4 rings (SSSR count). The van der Waals surface area contributed by atoms with Crippen LogP contribution in [0, 0.1) is 16.7 Å². The predicted molar refractivity (Wildman–Crippen MR) is 185 cm³/mol. The number of amides is 1. The summed E-state index contributed by atoms with van der Waals surface area (Å²) in [6.45, 7) is 10.2. The van der Waals surface area contributed by atoms with Crippen LogP contribution in [0.4, 0.5) is 0 Å². The molecule has 2 saturated carbocycles. The summed E-state index contributed by atoms with van der Waals surface area (Å²) in [5.74, 6) is -2.29. The van der Waals surface area contributed by atoms with E-state index in [1.165, 1.54) is 51.4 Å². The first-order valence-corrected chi connectivity index (χ1v) is 19.0. The Morgan fingerprint density at radius 2 is 1.60 bits per heavy atom. The number of Topliss-reactive ketones (excluding diaryl/α,β-unsaturated/α-hetero) is 1. The molecule has 1 aromatic heterocycles. The van der Waals surface area contributed by atoms with Gasteiger partial charge in [-0.2, -0.15) is 0 Å². The molecule has 1 aromatic rings. The van der Waals surface area contributed by atoms with E-state index in [-0.39, 0.29) is 35.5 Å². The van der Waals surface area contributed by atoms with Crippen molar-refractivity contribution in [3.63, 3.8) is 0 Å². The number of aliphatic carboxylic acids is 1. The molecule has 1 saturated heterocycles. The molecule has 4 atom stereocenters. The number of nitrogens with one attached hydrogen (secondary N) is 2. The highest BCUT2D eigenvalue weighted by Crippen LogP contribution is 2.44. The predicted octanol–water partition coefficient (Wildman–Crippen LogP) is 9.09. The number of carboxylic acid groups (broad SMARTS) is 1. The number of aromatic amines is 1.